The molecule has 4 heteroatoms. The van der Waals surface area contributed by atoms with Crippen LogP contribution in [0.3, 0.4) is 0 Å². The minimum atomic E-state index is -0.465. The predicted molar refractivity (Wildman–Crippen MR) is 78.2 cm³/mol. The standard InChI is InChI=1S/C17H15FN2O/c18-15-6-5-12(10-19)9-13(15)11-20-8-7-17(21)14-3-1-2-4-16(14)20/h1-6,9,17,21H,7-8,11H2. The van der Waals surface area contributed by atoms with E-state index >= 15 is 0 Å². The average molecular weight is 282 g/mol. The van der Waals surface area contributed by atoms with E-state index in [1.807, 2.05) is 35.2 Å². The summed E-state index contributed by atoms with van der Waals surface area (Å²) in [6.45, 7) is 1.06. The molecule has 1 N–H and O–H groups in total. The molecule has 0 amide bonds. The van der Waals surface area contributed by atoms with Crippen molar-refractivity contribution in [2.24, 2.45) is 0 Å². The maximum atomic E-state index is 13.9. The molecule has 21 heavy (non-hydrogen) atoms. The molecule has 0 saturated heterocycles. The molecule has 0 spiro atoms. The van der Waals surface area contributed by atoms with Gasteiger partial charge in [-0.2, -0.15) is 5.26 Å². The number of fused-ring (bicyclic) bond motifs is 1. The summed E-state index contributed by atoms with van der Waals surface area (Å²) in [5, 5.41) is 19.0. The Hall–Kier alpha value is -2.38. The van der Waals surface area contributed by atoms with Gasteiger partial charge in [0.25, 0.3) is 0 Å². The van der Waals surface area contributed by atoms with Crippen LogP contribution in [0.2, 0.25) is 0 Å². The number of para-hydroxylation sites is 1. The summed E-state index contributed by atoms with van der Waals surface area (Å²) in [7, 11) is 0. The van der Waals surface area contributed by atoms with Gasteiger partial charge in [0.05, 0.1) is 17.7 Å². The summed E-state index contributed by atoms with van der Waals surface area (Å²) in [6, 6.07) is 14.1. The molecular formula is C17H15FN2O. The van der Waals surface area contributed by atoms with Gasteiger partial charge in [-0.05, 0) is 30.7 Å². The second-order valence-corrected chi connectivity index (χ2v) is 5.20. The second-order valence-electron chi connectivity index (χ2n) is 5.20. The number of halogens is 1. The highest BCUT2D eigenvalue weighted by atomic mass is 19.1. The monoisotopic (exact) mass is 282 g/mol. The molecule has 0 aliphatic carbocycles. The fourth-order valence-electron chi connectivity index (χ4n) is 2.75. The lowest BCUT2D eigenvalue weighted by molar-refractivity contribution is 0.164. The van der Waals surface area contributed by atoms with Crippen LogP contribution in [-0.4, -0.2) is 11.7 Å². The van der Waals surface area contributed by atoms with Crippen LogP contribution in [0.5, 0.6) is 0 Å². The third kappa shape index (κ3) is 2.61. The first-order valence-electron chi connectivity index (χ1n) is 6.89. The van der Waals surface area contributed by atoms with Gasteiger partial charge in [0.2, 0.25) is 0 Å². The van der Waals surface area contributed by atoms with Crippen LogP contribution in [0, 0.1) is 17.1 Å². The zero-order valence-corrected chi connectivity index (χ0v) is 11.5. The fraction of sp³-hybridized carbons (Fsp3) is 0.235. The van der Waals surface area contributed by atoms with E-state index in [1.54, 1.807) is 6.07 Å². The van der Waals surface area contributed by atoms with Crippen molar-refractivity contribution in [3.63, 3.8) is 0 Å². The molecule has 2 aromatic carbocycles. The van der Waals surface area contributed by atoms with Gasteiger partial charge in [0.15, 0.2) is 0 Å². The summed E-state index contributed by atoms with van der Waals surface area (Å²) < 4.78 is 13.9. The van der Waals surface area contributed by atoms with Gasteiger partial charge in [0, 0.05) is 29.9 Å². The number of nitrogens with zero attached hydrogens (tertiary/aromatic N) is 2. The fourth-order valence-corrected chi connectivity index (χ4v) is 2.75. The van der Waals surface area contributed by atoms with Crippen LogP contribution in [-0.2, 0) is 6.54 Å². The number of hydrogen-bond acceptors (Lipinski definition) is 3. The molecule has 0 aromatic heterocycles. The summed E-state index contributed by atoms with van der Waals surface area (Å²) in [5.74, 6) is -0.308. The number of rotatable bonds is 2. The zero-order chi connectivity index (χ0) is 14.8. The van der Waals surface area contributed by atoms with E-state index in [-0.39, 0.29) is 5.82 Å². The SMILES string of the molecule is N#Cc1ccc(F)c(CN2CCC(O)c3ccccc32)c1. The maximum Gasteiger partial charge on any atom is 0.128 e. The molecule has 0 saturated carbocycles. The molecule has 1 aliphatic heterocycles. The molecule has 0 fully saturated rings. The maximum absolute atomic E-state index is 13.9. The molecule has 2 aromatic rings. The van der Waals surface area contributed by atoms with Crippen molar-refractivity contribution >= 4 is 5.69 Å². The van der Waals surface area contributed by atoms with Crippen molar-refractivity contribution in [1.29, 1.82) is 5.26 Å². The highest BCUT2D eigenvalue weighted by molar-refractivity contribution is 5.57. The van der Waals surface area contributed by atoms with Crippen LogP contribution < -0.4 is 4.90 Å². The molecular weight excluding hydrogens is 267 g/mol. The highest BCUT2D eigenvalue weighted by Crippen LogP contribution is 2.34. The van der Waals surface area contributed by atoms with Crippen molar-refractivity contribution in [2.75, 3.05) is 11.4 Å². The molecule has 1 aliphatic rings. The van der Waals surface area contributed by atoms with Crippen LogP contribution in [0.1, 0.15) is 29.2 Å². The number of benzene rings is 2. The van der Waals surface area contributed by atoms with Crippen molar-refractivity contribution in [2.45, 2.75) is 19.1 Å². The van der Waals surface area contributed by atoms with E-state index < -0.39 is 6.10 Å². The topological polar surface area (TPSA) is 47.3 Å². The van der Waals surface area contributed by atoms with Crippen LogP contribution >= 0.6 is 0 Å². The third-order valence-electron chi connectivity index (χ3n) is 3.84. The minimum absolute atomic E-state index is 0.308. The van der Waals surface area contributed by atoms with Crippen molar-refractivity contribution in [3.05, 3.63) is 65.0 Å². The van der Waals surface area contributed by atoms with Gasteiger partial charge in [0.1, 0.15) is 5.82 Å². The van der Waals surface area contributed by atoms with Gasteiger partial charge in [-0.1, -0.05) is 18.2 Å². The number of nitriles is 1. The van der Waals surface area contributed by atoms with E-state index in [9.17, 15) is 9.50 Å². The Kier molecular flexibility index (Phi) is 3.59. The smallest absolute Gasteiger partial charge is 0.128 e. The highest BCUT2D eigenvalue weighted by Gasteiger charge is 2.23. The Morgan fingerprint density at radius 3 is 2.90 bits per heavy atom. The van der Waals surface area contributed by atoms with Gasteiger partial charge < -0.3 is 10.0 Å². The van der Waals surface area contributed by atoms with E-state index in [0.29, 0.717) is 30.6 Å². The van der Waals surface area contributed by atoms with Crippen molar-refractivity contribution < 1.29 is 9.50 Å². The first kappa shape index (κ1) is 13.6. The van der Waals surface area contributed by atoms with Gasteiger partial charge in [-0.15, -0.1) is 0 Å². The second kappa shape index (κ2) is 5.55. The molecule has 3 nitrogen and oxygen atoms in total. The van der Waals surface area contributed by atoms with E-state index in [4.69, 9.17) is 5.26 Å². The first-order valence-corrected chi connectivity index (χ1v) is 6.89. The molecule has 1 unspecified atom stereocenters. The van der Waals surface area contributed by atoms with Gasteiger partial charge >= 0.3 is 0 Å². The third-order valence-corrected chi connectivity index (χ3v) is 3.84. The Labute approximate surface area is 122 Å². The van der Waals surface area contributed by atoms with Crippen LogP contribution in [0.15, 0.2) is 42.5 Å². The molecule has 0 bridgehead atoms. The van der Waals surface area contributed by atoms with Crippen molar-refractivity contribution in [3.8, 4) is 6.07 Å². The molecule has 3 rings (SSSR count). The summed E-state index contributed by atoms with van der Waals surface area (Å²) >= 11 is 0. The van der Waals surface area contributed by atoms with Crippen molar-refractivity contribution in [1.82, 2.24) is 0 Å². The van der Waals surface area contributed by atoms with Crippen LogP contribution in [0.4, 0.5) is 10.1 Å². The zero-order valence-electron chi connectivity index (χ0n) is 11.5. The largest absolute Gasteiger partial charge is 0.388 e. The van der Waals surface area contributed by atoms with Crippen LogP contribution in [0.25, 0.3) is 0 Å². The number of aliphatic hydroxyl groups excluding tert-OH is 1. The lowest BCUT2D eigenvalue weighted by atomic mass is 9.98. The van der Waals surface area contributed by atoms with Gasteiger partial charge in [-0.25, -0.2) is 4.39 Å². The Balaban J connectivity index is 1.93. The Morgan fingerprint density at radius 1 is 1.29 bits per heavy atom. The average Bonchev–Trinajstić information content (AvgIpc) is 2.52. The van der Waals surface area contributed by atoms with Gasteiger partial charge in [-0.3, -0.25) is 0 Å². The molecule has 106 valence electrons. The first-order chi connectivity index (χ1) is 10.2. The lowest BCUT2D eigenvalue weighted by Crippen LogP contribution is -2.31. The summed E-state index contributed by atoms with van der Waals surface area (Å²) in [5.41, 5.74) is 2.76. The van der Waals surface area contributed by atoms with E-state index in [1.165, 1.54) is 12.1 Å². The minimum Gasteiger partial charge on any atom is -0.388 e. The number of hydrogen-bond donors (Lipinski definition) is 1. The molecule has 1 atom stereocenters. The quantitative estimate of drug-likeness (QED) is 0.920. The molecule has 0 radical (unpaired) electrons. The Morgan fingerprint density at radius 2 is 2.10 bits per heavy atom. The lowest BCUT2D eigenvalue weighted by Gasteiger charge is -2.34. The summed E-state index contributed by atoms with van der Waals surface area (Å²) in [4.78, 5) is 2.04. The normalized spacial score (nSPS) is 17.2. The Bertz CT molecular complexity index is 708. The number of anilines is 1. The molecule has 1 heterocycles. The number of aliphatic hydroxyl groups is 1. The summed E-state index contributed by atoms with van der Waals surface area (Å²) in [6.07, 6.45) is 0.157. The predicted octanol–water partition coefficient (Wildman–Crippen LogP) is 3.14. The van der Waals surface area contributed by atoms with E-state index in [0.717, 1.165) is 11.3 Å². The van der Waals surface area contributed by atoms with E-state index in [2.05, 4.69) is 0 Å².